The van der Waals surface area contributed by atoms with Gasteiger partial charge in [-0.3, -0.25) is 14.7 Å². The summed E-state index contributed by atoms with van der Waals surface area (Å²) in [5.41, 5.74) is 1.18. The van der Waals surface area contributed by atoms with Gasteiger partial charge in [0.25, 0.3) is 5.91 Å². The number of carbonyl (C=O) groups excluding carboxylic acids is 2. The number of benzene rings is 1. The minimum atomic E-state index is -1.48. The highest BCUT2D eigenvalue weighted by Gasteiger charge is 2.36. The molecular formula is C24H28ClF2N7O2. The van der Waals surface area contributed by atoms with E-state index >= 15 is 0 Å². The SMILES string of the molecule is C=CC(=O)N1C[C@H](NC(=O)c2c(F)nc(CNc3n[nH]c4cc(Cl)c(C(C)(C)C)cc34)n2C)[C@@H](F)C1. The number of halogens is 3. The Hall–Kier alpha value is -3.47. The van der Waals surface area contributed by atoms with Crippen molar-refractivity contribution in [1.82, 2.24) is 30.0 Å². The van der Waals surface area contributed by atoms with Crippen molar-refractivity contribution in [1.29, 1.82) is 0 Å². The molecule has 192 valence electrons. The molecule has 1 fully saturated rings. The van der Waals surface area contributed by atoms with E-state index in [0.717, 1.165) is 22.5 Å². The number of aromatic nitrogens is 4. The maximum atomic E-state index is 14.7. The van der Waals surface area contributed by atoms with E-state index < -0.39 is 30.0 Å². The number of rotatable bonds is 6. The summed E-state index contributed by atoms with van der Waals surface area (Å²) in [6.45, 7) is 9.43. The van der Waals surface area contributed by atoms with Gasteiger partial charge in [0.15, 0.2) is 11.5 Å². The largest absolute Gasteiger partial charge is 0.361 e. The molecular weight excluding hydrogens is 492 g/mol. The summed E-state index contributed by atoms with van der Waals surface area (Å²) in [5, 5.41) is 14.2. The van der Waals surface area contributed by atoms with Crippen LogP contribution in [0.5, 0.6) is 0 Å². The topological polar surface area (TPSA) is 108 Å². The Morgan fingerprint density at radius 1 is 1.33 bits per heavy atom. The molecule has 1 aliphatic rings. The van der Waals surface area contributed by atoms with E-state index in [1.165, 1.54) is 16.5 Å². The lowest BCUT2D eigenvalue weighted by atomic mass is 9.86. The van der Waals surface area contributed by atoms with Gasteiger partial charge in [-0.25, -0.2) is 9.37 Å². The van der Waals surface area contributed by atoms with Crippen molar-refractivity contribution >= 4 is 40.1 Å². The first-order valence-electron chi connectivity index (χ1n) is 11.4. The van der Waals surface area contributed by atoms with Crippen molar-refractivity contribution < 1.29 is 18.4 Å². The zero-order chi connectivity index (χ0) is 26.4. The predicted molar refractivity (Wildman–Crippen MR) is 133 cm³/mol. The number of nitrogens with one attached hydrogen (secondary N) is 3. The average molecular weight is 520 g/mol. The molecule has 3 N–H and O–H groups in total. The molecule has 1 aliphatic heterocycles. The number of fused-ring (bicyclic) bond motifs is 1. The van der Waals surface area contributed by atoms with Gasteiger partial charge >= 0.3 is 0 Å². The van der Waals surface area contributed by atoms with Gasteiger partial charge in [0.05, 0.1) is 24.6 Å². The zero-order valence-electron chi connectivity index (χ0n) is 20.5. The number of hydrogen-bond donors (Lipinski definition) is 3. The maximum absolute atomic E-state index is 14.7. The lowest BCUT2D eigenvalue weighted by molar-refractivity contribution is -0.125. The Kier molecular flexibility index (Phi) is 6.78. The van der Waals surface area contributed by atoms with Gasteiger partial charge in [-0.2, -0.15) is 9.49 Å². The van der Waals surface area contributed by atoms with Gasteiger partial charge in [0.2, 0.25) is 11.9 Å². The summed E-state index contributed by atoms with van der Waals surface area (Å²) in [5.74, 6) is -1.46. The summed E-state index contributed by atoms with van der Waals surface area (Å²) in [4.78, 5) is 29.6. The Bertz CT molecular complexity index is 1340. The highest BCUT2D eigenvalue weighted by molar-refractivity contribution is 6.32. The van der Waals surface area contributed by atoms with Crippen molar-refractivity contribution in [3.63, 3.8) is 0 Å². The molecule has 0 spiro atoms. The normalized spacial score (nSPS) is 18.0. The van der Waals surface area contributed by atoms with Gasteiger partial charge in [-0.1, -0.05) is 39.0 Å². The van der Waals surface area contributed by atoms with E-state index in [2.05, 4.69) is 53.2 Å². The Balaban J connectivity index is 1.50. The van der Waals surface area contributed by atoms with Crippen molar-refractivity contribution in [2.45, 2.75) is 44.9 Å². The molecule has 2 aromatic heterocycles. The molecule has 1 saturated heterocycles. The fourth-order valence-electron chi connectivity index (χ4n) is 4.27. The first-order valence-corrected chi connectivity index (χ1v) is 11.8. The van der Waals surface area contributed by atoms with Crippen LogP contribution in [-0.4, -0.2) is 61.8 Å². The fourth-order valence-corrected chi connectivity index (χ4v) is 4.72. The number of hydrogen-bond acceptors (Lipinski definition) is 5. The molecule has 0 unspecified atom stereocenters. The van der Waals surface area contributed by atoms with Crippen molar-refractivity contribution in [3.8, 4) is 0 Å². The molecule has 2 amide bonds. The van der Waals surface area contributed by atoms with Crippen LogP contribution in [0.1, 0.15) is 42.6 Å². The lowest BCUT2D eigenvalue weighted by Gasteiger charge is -2.20. The van der Waals surface area contributed by atoms with E-state index in [1.54, 1.807) is 0 Å². The second-order valence-corrected chi connectivity index (χ2v) is 10.2. The van der Waals surface area contributed by atoms with Gasteiger partial charge < -0.3 is 20.1 Å². The van der Waals surface area contributed by atoms with Crippen LogP contribution in [-0.2, 0) is 23.8 Å². The summed E-state index contributed by atoms with van der Waals surface area (Å²) in [7, 11) is 1.50. The number of H-pyrrole nitrogens is 1. The van der Waals surface area contributed by atoms with E-state index in [9.17, 15) is 18.4 Å². The Morgan fingerprint density at radius 2 is 2.06 bits per heavy atom. The quantitative estimate of drug-likeness (QED) is 0.432. The first kappa shape index (κ1) is 25.6. The predicted octanol–water partition coefficient (Wildman–Crippen LogP) is 3.46. The number of anilines is 1. The highest BCUT2D eigenvalue weighted by Crippen LogP contribution is 2.34. The minimum Gasteiger partial charge on any atom is -0.361 e. The third kappa shape index (κ3) is 4.79. The van der Waals surface area contributed by atoms with Crippen molar-refractivity contribution in [3.05, 3.63) is 52.8 Å². The molecule has 0 aliphatic carbocycles. The molecule has 4 rings (SSSR count). The smallest absolute Gasteiger partial charge is 0.273 e. The van der Waals surface area contributed by atoms with Crippen LogP contribution in [0.3, 0.4) is 0 Å². The standard InChI is InChI=1S/C24H28ClF2N7O2/c1-6-19(35)34-10-15(26)17(11-34)29-23(36)20-21(27)30-18(33(20)5)9-28-22-12-7-13(24(2,3)4)14(25)8-16(12)31-32-22/h6-8,15,17H,1,9-11H2,2-5H3,(H,29,36)(H2,28,31,32)/t15-,17-/m0/s1. The summed E-state index contributed by atoms with van der Waals surface area (Å²) < 4.78 is 30.3. The van der Waals surface area contributed by atoms with E-state index in [-0.39, 0.29) is 36.6 Å². The second kappa shape index (κ2) is 9.53. The van der Waals surface area contributed by atoms with Gasteiger partial charge in [-0.15, -0.1) is 0 Å². The number of alkyl halides is 1. The molecule has 0 bridgehead atoms. The monoisotopic (exact) mass is 519 g/mol. The fraction of sp³-hybridized carbons (Fsp3) is 0.417. The Labute approximate surface area is 211 Å². The maximum Gasteiger partial charge on any atom is 0.273 e. The zero-order valence-corrected chi connectivity index (χ0v) is 21.2. The third-order valence-corrected chi connectivity index (χ3v) is 6.60. The number of likely N-dealkylation sites (tertiary alicyclic amines) is 1. The van der Waals surface area contributed by atoms with E-state index in [0.29, 0.717) is 10.8 Å². The molecule has 36 heavy (non-hydrogen) atoms. The molecule has 3 heterocycles. The number of nitrogens with zero attached hydrogens (tertiary/aromatic N) is 4. The van der Waals surface area contributed by atoms with Crippen LogP contribution in [0.4, 0.5) is 14.6 Å². The van der Waals surface area contributed by atoms with Gasteiger partial charge in [-0.05, 0) is 29.2 Å². The van der Waals surface area contributed by atoms with Crippen LogP contribution in [0.25, 0.3) is 10.9 Å². The number of aromatic amines is 1. The summed E-state index contributed by atoms with van der Waals surface area (Å²) in [6, 6.07) is 2.80. The molecule has 12 heteroatoms. The van der Waals surface area contributed by atoms with Crippen LogP contribution in [0.15, 0.2) is 24.8 Å². The molecule has 1 aromatic carbocycles. The van der Waals surface area contributed by atoms with Gasteiger partial charge in [0.1, 0.15) is 12.0 Å². The van der Waals surface area contributed by atoms with Crippen molar-refractivity contribution in [2.24, 2.45) is 7.05 Å². The number of carbonyl (C=O) groups is 2. The van der Waals surface area contributed by atoms with E-state index in [1.807, 2.05) is 12.1 Å². The first-order chi connectivity index (χ1) is 16.9. The molecule has 0 radical (unpaired) electrons. The van der Waals surface area contributed by atoms with Crippen LogP contribution < -0.4 is 10.6 Å². The molecule has 0 saturated carbocycles. The average Bonchev–Trinajstić information content (AvgIpc) is 3.45. The van der Waals surface area contributed by atoms with Crippen LogP contribution >= 0.6 is 11.6 Å². The van der Waals surface area contributed by atoms with Crippen molar-refractivity contribution in [2.75, 3.05) is 18.4 Å². The second-order valence-electron chi connectivity index (χ2n) is 9.82. The Morgan fingerprint density at radius 3 is 2.72 bits per heavy atom. The molecule has 9 nitrogen and oxygen atoms in total. The van der Waals surface area contributed by atoms with Gasteiger partial charge in [0, 0.05) is 24.0 Å². The lowest BCUT2D eigenvalue weighted by Crippen LogP contribution is -2.42. The van der Waals surface area contributed by atoms with E-state index in [4.69, 9.17) is 11.6 Å². The minimum absolute atomic E-state index is 0.0293. The summed E-state index contributed by atoms with van der Waals surface area (Å²) in [6.07, 6.45) is -0.396. The number of imidazole rings is 1. The van der Waals surface area contributed by atoms with Crippen LogP contribution in [0.2, 0.25) is 5.02 Å². The number of amides is 2. The molecule has 3 aromatic rings. The summed E-state index contributed by atoms with van der Waals surface area (Å²) >= 11 is 6.43. The third-order valence-electron chi connectivity index (χ3n) is 6.28. The highest BCUT2D eigenvalue weighted by atomic mass is 35.5. The molecule has 2 atom stereocenters. The van der Waals surface area contributed by atoms with Crippen LogP contribution in [0, 0.1) is 5.95 Å².